The van der Waals surface area contributed by atoms with Gasteiger partial charge in [0.05, 0.1) is 6.10 Å². The molecule has 2 rings (SSSR count). The Balaban J connectivity index is 0.00000312. The number of likely N-dealkylation sites (tertiary alicyclic amines) is 1. The summed E-state index contributed by atoms with van der Waals surface area (Å²) in [6, 6.07) is 0. The van der Waals surface area contributed by atoms with Gasteiger partial charge in [-0.3, -0.25) is 4.79 Å². The molecule has 0 saturated carbocycles. The van der Waals surface area contributed by atoms with E-state index in [0.717, 1.165) is 38.5 Å². The van der Waals surface area contributed by atoms with E-state index in [1.807, 2.05) is 0 Å². The van der Waals surface area contributed by atoms with E-state index in [-0.39, 0.29) is 53.5 Å². The van der Waals surface area contributed by atoms with Crippen molar-refractivity contribution in [3.63, 3.8) is 0 Å². The van der Waals surface area contributed by atoms with E-state index < -0.39 is 0 Å². The Hall–Kier alpha value is -0.570. The van der Waals surface area contributed by atoms with E-state index in [1.165, 1.54) is 6.42 Å². The van der Waals surface area contributed by atoms with Gasteiger partial charge in [0.15, 0.2) is 5.96 Å². The number of ether oxygens (including phenoxy) is 1. The van der Waals surface area contributed by atoms with Gasteiger partial charge in [0, 0.05) is 44.7 Å². The minimum absolute atomic E-state index is 0. The lowest BCUT2D eigenvalue weighted by atomic mass is 9.65. The smallest absolute Gasteiger partial charge is 0.243 e. The molecule has 2 aliphatic rings. The largest absolute Gasteiger partial charge is 0.376 e. The van der Waals surface area contributed by atoms with Crippen molar-refractivity contribution in [2.24, 2.45) is 10.4 Å². The molecule has 146 valence electrons. The van der Waals surface area contributed by atoms with Gasteiger partial charge in [0.1, 0.15) is 6.54 Å². The maximum absolute atomic E-state index is 11.9. The molecule has 0 bridgehead atoms. The standard InChI is InChI=1S/C18H34N4O2.HI/c1-17(2)13-22(18(17,3)4)16(20-12-15(23)21(5)6)19-11-14-9-7-8-10-24-14;/h14H,7-13H2,1-6H3,(H,19,20);1H. The summed E-state index contributed by atoms with van der Waals surface area (Å²) in [7, 11) is 3.52. The topological polar surface area (TPSA) is 57.2 Å². The lowest BCUT2D eigenvalue weighted by Gasteiger charge is -2.62. The van der Waals surface area contributed by atoms with Gasteiger partial charge >= 0.3 is 0 Å². The van der Waals surface area contributed by atoms with Crippen molar-refractivity contribution in [1.82, 2.24) is 15.1 Å². The van der Waals surface area contributed by atoms with Crippen LogP contribution in [0.2, 0.25) is 0 Å². The number of halogens is 1. The number of carbonyl (C=O) groups is 1. The summed E-state index contributed by atoms with van der Waals surface area (Å²) < 4.78 is 5.81. The maximum Gasteiger partial charge on any atom is 0.243 e. The summed E-state index contributed by atoms with van der Waals surface area (Å²) in [5.74, 6) is 0.838. The first-order valence-electron chi connectivity index (χ1n) is 9.03. The highest BCUT2D eigenvalue weighted by molar-refractivity contribution is 14.0. The predicted molar refractivity (Wildman–Crippen MR) is 113 cm³/mol. The second-order valence-electron chi connectivity index (χ2n) is 8.33. The Morgan fingerprint density at radius 1 is 1.28 bits per heavy atom. The fourth-order valence-electron chi connectivity index (χ4n) is 3.09. The number of rotatable bonds is 4. The molecule has 1 atom stereocenters. The minimum atomic E-state index is 0. The first-order chi connectivity index (χ1) is 11.1. The van der Waals surface area contributed by atoms with E-state index >= 15 is 0 Å². The van der Waals surface area contributed by atoms with Crippen LogP contribution in [0.5, 0.6) is 0 Å². The maximum atomic E-state index is 11.9. The molecule has 2 saturated heterocycles. The summed E-state index contributed by atoms with van der Waals surface area (Å²) in [5.41, 5.74) is 0.232. The summed E-state index contributed by atoms with van der Waals surface area (Å²) >= 11 is 0. The molecule has 1 unspecified atom stereocenters. The monoisotopic (exact) mass is 466 g/mol. The van der Waals surface area contributed by atoms with Gasteiger partial charge in [0.25, 0.3) is 0 Å². The van der Waals surface area contributed by atoms with Crippen LogP contribution in [0.4, 0.5) is 0 Å². The third-order valence-electron chi connectivity index (χ3n) is 5.76. The van der Waals surface area contributed by atoms with Gasteiger partial charge in [-0.15, -0.1) is 24.0 Å². The molecule has 2 aliphatic heterocycles. The molecule has 0 aromatic carbocycles. The molecule has 2 heterocycles. The van der Waals surface area contributed by atoms with Crippen LogP contribution in [-0.2, 0) is 9.53 Å². The number of aliphatic imine (C=N–C) groups is 1. The SMILES string of the molecule is CN(C)C(=O)CN=C(NCC1CCCCO1)N1CC(C)(C)C1(C)C.I. The van der Waals surface area contributed by atoms with Gasteiger partial charge in [-0.05, 0) is 33.1 Å². The van der Waals surface area contributed by atoms with Crippen molar-refractivity contribution in [3.8, 4) is 0 Å². The number of nitrogens with one attached hydrogen (secondary N) is 1. The molecule has 0 radical (unpaired) electrons. The third-order valence-corrected chi connectivity index (χ3v) is 5.76. The third kappa shape index (κ3) is 5.21. The average Bonchev–Trinajstić information content (AvgIpc) is 2.53. The molecule has 0 spiro atoms. The number of likely N-dealkylation sites (N-methyl/N-ethyl adjacent to an activating group) is 1. The number of hydrogen-bond acceptors (Lipinski definition) is 3. The van der Waals surface area contributed by atoms with Crippen LogP contribution in [0.3, 0.4) is 0 Å². The molecule has 0 aromatic heterocycles. The fraction of sp³-hybridized carbons (Fsp3) is 0.889. The van der Waals surface area contributed by atoms with Gasteiger partial charge in [-0.25, -0.2) is 4.99 Å². The van der Waals surface area contributed by atoms with E-state index in [4.69, 9.17) is 4.74 Å². The predicted octanol–water partition coefficient (Wildman–Crippen LogP) is 2.33. The van der Waals surface area contributed by atoms with Crippen LogP contribution in [0.1, 0.15) is 47.0 Å². The summed E-state index contributed by atoms with van der Waals surface area (Å²) in [6.07, 6.45) is 3.71. The normalized spacial score (nSPS) is 24.8. The van der Waals surface area contributed by atoms with Gasteiger partial charge in [0.2, 0.25) is 5.91 Å². The Labute approximate surface area is 169 Å². The summed E-state index contributed by atoms with van der Waals surface area (Å²) in [4.78, 5) is 20.4. The molecular weight excluding hydrogens is 431 g/mol. The number of amides is 1. The molecule has 1 N–H and O–H groups in total. The molecule has 1 amide bonds. The summed E-state index contributed by atoms with van der Waals surface area (Å²) in [5, 5.41) is 3.46. The van der Waals surface area contributed by atoms with Crippen molar-refractivity contribution < 1.29 is 9.53 Å². The van der Waals surface area contributed by atoms with Crippen molar-refractivity contribution >= 4 is 35.8 Å². The van der Waals surface area contributed by atoms with Crippen molar-refractivity contribution in [3.05, 3.63) is 0 Å². The zero-order chi connectivity index (χ0) is 18.0. The van der Waals surface area contributed by atoms with Gasteiger partial charge < -0.3 is 19.9 Å². The number of guanidine groups is 1. The Morgan fingerprint density at radius 2 is 1.96 bits per heavy atom. The summed E-state index contributed by atoms with van der Waals surface area (Å²) in [6.45, 7) is 11.7. The van der Waals surface area contributed by atoms with Crippen molar-refractivity contribution in [2.75, 3.05) is 40.3 Å². The molecule has 6 nitrogen and oxygen atoms in total. The highest BCUT2D eigenvalue weighted by Gasteiger charge is 2.53. The number of carbonyl (C=O) groups excluding carboxylic acids is 1. The lowest BCUT2D eigenvalue weighted by Crippen LogP contribution is -2.72. The Bertz CT molecular complexity index is 485. The first-order valence-corrected chi connectivity index (χ1v) is 9.03. The van der Waals surface area contributed by atoms with Crippen molar-refractivity contribution in [1.29, 1.82) is 0 Å². The van der Waals surface area contributed by atoms with E-state index in [0.29, 0.717) is 0 Å². The molecule has 0 aromatic rings. The van der Waals surface area contributed by atoms with E-state index in [2.05, 4.69) is 42.9 Å². The molecule has 25 heavy (non-hydrogen) atoms. The highest BCUT2D eigenvalue weighted by Crippen LogP contribution is 2.46. The second-order valence-corrected chi connectivity index (χ2v) is 8.33. The van der Waals surface area contributed by atoms with Crippen LogP contribution >= 0.6 is 24.0 Å². The van der Waals surface area contributed by atoms with Crippen LogP contribution in [0, 0.1) is 5.41 Å². The fourth-order valence-corrected chi connectivity index (χ4v) is 3.09. The molecule has 7 heteroatoms. The zero-order valence-corrected chi connectivity index (χ0v) is 18.9. The van der Waals surface area contributed by atoms with Crippen LogP contribution in [0.25, 0.3) is 0 Å². The Morgan fingerprint density at radius 3 is 2.44 bits per heavy atom. The Kier molecular flexibility index (Phi) is 7.98. The van der Waals surface area contributed by atoms with Gasteiger partial charge in [-0.2, -0.15) is 0 Å². The number of nitrogens with zero attached hydrogens (tertiary/aromatic N) is 3. The average molecular weight is 466 g/mol. The molecule has 2 fully saturated rings. The van der Waals surface area contributed by atoms with Crippen LogP contribution in [0.15, 0.2) is 4.99 Å². The van der Waals surface area contributed by atoms with Gasteiger partial charge in [-0.1, -0.05) is 13.8 Å². The molecule has 0 aliphatic carbocycles. The van der Waals surface area contributed by atoms with Crippen LogP contribution < -0.4 is 5.32 Å². The number of hydrogen-bond donors (Lipinski definition) is 1. The second kappa shape index (κ2) is 8.88. The quantitative estimate of drug-likeness (QED) is 0.393. The van der Waals surface area contributed by atoms with Crippen LogP contribution in [-0.4, -0.2) is 73.6 Å². The highest BCUT2D eigenvalue weighted by atomic mass is 127. The van der Waals surface area contributed by atoms with Crippen molar-refractivity contribution in [2.45, 2.75) is 58.6 Å². The van der Waals surface area contributed by atoms with E-state index in [1.54, 1.807) is 19.0 Å². The zero-order valence-electron chi connectivity index (χ0n) is 16.6. The van der Waals surface area contributed by atoms with E-state index in [9.17, 15) is 4.79 Å². The molecular formula is C18H35IN4O2. The first kappa shape index (κ1) is 22.5. The minimum Gasteiger partial charge on any atom is -0.376 e. The lowest BCUT2D eigenvalue weighted by molar-refractivity contribution is -0.127.